The highest BCUT2D eigenvalue weighted by molar-refractivity contribution is 6.17. The summed E-state index contributed by atoms with van der Waals surface area (Å²) in [6.45, 7) is -1.46. The molecule has 0 aliphatic heterocycles. The molecule has 0 aliphatic rings. The third-order valence-corrected chi connectivity index (χ3v) is 2.70. The zero-order valence-corrected chi connectivity index (χ0v) is 11.7. The highest BCUT2D eigenvalue weighted by atomic mass is 35.5. The maximum atomic E-state index is 12.3. The molecule has 9 heteroatoms. The molecule has 0 saturated carbocycles. The lowest BCUT2D eigenvalue weighted by atomic mass is 10.1. The number of esters is 1. The lowest BCUT2D eigenvalue weighted by Crippen LogP contribution is -2.10. The molecule has 0 heterocycles. The molecule has 0 aliphatic carbocycles. The van der Waals surface area contributed by atoms with Gasteiger partial charge in [0.15, 0.2) is 0 Å². The molecular formula is C12H12ClF2NO5. The monoisotopic (exact) mass is 323 g/mol. The van der Waals surface area contributed by atoms with E-state index in [0.717, 1.165) is 6.07 Å². The molecule has 116 valence electrons. The van der Waals surface area contributed by atoms with Gasteiger partial charge < -0.3 is 9.47 Å². The van der Waals surface area contributed by atoms with E-state index >= 15 is 0 Å². The minimum Gasteiger partial charge on any atom is -0.466 e. The number of hydrogen-bond donors (Lipinski definition) is 0. The van der Waals surface area contributed by atoms with Crippen molar-refractivity contribution in [3.8, 4) is 5.75 Å². The number of carbonyl (C=O) groups is 1. The molecule has 0 spiro atoms. The maximum Gasteiger partial charge on any atom is 0.387 e. The number of carbonyl (C=O) groups excluding carboxylic acids is 1. The van der Waals surface area contributed by atoms with Gasteiger partial charge in [0.25, 0.3) is 0 Å². The van der Waals surface area contributed by atoms with Crippen molar-refractivity contribution in [3.05, 3.63) is 33.4 Å². The number of halogens is 3. The van der Waals surface area contributed by atoms with Gasteiger partial charge in [0.1, 0.15) is 0 Å². The Hall–Kier alpha value is -1.96. The molecule has 0 fully saturated rings. The minimum atomic E-state index is -3.23. The van der Waals surface area contributed by atoms with Crippen molar-refractivity contribution >= 4 is 23.3 Å². The molecule has 1 rings (SSSR count). The summed E-state index contributed by atoms with van der Waals surface area (Å²) in [5.41, 5.74) is -0.414. The Bertz CT molecular complexity index is 539. The summed E-state index contributed by atoms with van der Waals surface area (Å²) >= 11 is 5.59. The summed E-state index contributed by atoms with van der Waals surface area (Å²) in [4.78, 5) is 21.5. The van der Waals surface area contributed by atoms with Crippen molar-refractivity contribution in [2.24, 2.45) is 0 Å². The quantitative estimate of drug-likeness (QED) is 0.333. The molecule has 0 saturated heterocycles. The zero-order valence-electron chi connectivity index (χ0n) is 11.0. The Morgan fingerprint density at radius 2 is 2.14 bits per heavy atom. The van der Waals surface area contributed by atoms with Gasteiger partial charge in [-0.3, -0.25) is 14.9 Å². The van der Waals surface area contributed by atoms with Crippen LogP contribution in [0.2, 0.25) is 0 Å². The first-order chi connectivity index (χ1) is 9.88. The van der Waals surface area contributed by atoms with E-state index in [4.69, 9.17) is 16.3 Å². The van der Waals surface area contributed by atoms with Crippen LogP contribution in [0.25, 0.3) is 0 Å². The third-order valence-electron chi connectivity index (χ3n) is 2.41. The van der Waals surface area contributed by atoms with Gasteiger partial charge in [-0.25, -0.2) is 0 Å². The van der Waals surface area contributed by atoms with Gasteiger partial charge in [-0.05, 0) is 24.6 Å². The highest BCUT2D eigenvalue weighted by Crippen LogP contribution is 2.34. The summed E-state index contributed by atoms with van der Waals surface area (Å²) in [5, 5.41) is 10.9. The average molecular weight is 324 g/mol. The Kier molecular flexibility index (Phi) is 6.29. The van der Waals surface area contributed by atoms with Gasteiger partial charge in [0.2, 0.25) is 5.75 Å². The van der Waals surface area contributed by atoms with E-state index in [1.54, 1.807) is 6.92 Å². The number of benzene rings is 1. The summed E-state index contributed by atoms with van der Waals surface area (Å²) in [6, 6.07) is 2.30. The number of nitro benzene ring substituents is 1. The van der Waals surface area contributed by atoms with Crippen molar-refractivity contribution in [2.45, 2.75) is 25.8 Å². The van der Waals surface area contributed by atoms with Crippen LogP contribution in [0.15, 0.2) is 12.1 Å². The van der Waals surface area contributed by atoms with Crippen LogP contribution in [0.5, 0.6) is 5.75 Å². The van der Waals surface area contributed by atoms with Crippen molar-refractivity contribution in [1.82, 2.24) is 0 Å². The van der Waals surface area contributed by atoms with Crippen LogP contribution in [0.3, 0.4) is 0 Å². The van der Waals surface area contributed by atoms with E-state index in [-0.39, 0.29) is 30.0 Å². The minimum absolute atomic E-state index is 0.0147. The van der Waals surface area contributed by atoms with Crippen molar-refractivity contribution < 1.29 is 28.0 Å². The van der Waals surface area contributed by atoms with Gasteiger partial charge in [0.05, 0.1) is 23.8 Å². The number of rotatable bonds is 7. The van der Waals surface area contributed by atoms with Crippen molar-refractivity contribution in [1.29, 1.82) is 0 Å². The van der Waals surface area contributed by atoms with Crippen molar-refractivity contribution in [2.75, 3.05) is 6.61 Å². The summed E-state index contributed by atoms with van der Waals surface area (Å²) < 4.78 is 33.6. The largest absolute Gasteiger partial charge is 0.466 e. The molecule has 1 aromatic carbocycles. The second-order valence-electron chi connectivity index (χ2n) is 3.85. The van der Waals surface area contributed by atoms with E-state index in [1.165, 1.54) is 6.07 Å². The van der Waals surface area contributed by atoms with Crippen LogP contribution in [0.1, 0.15) is 18.1 Å². The molecule has 0 amide bonds. The summed E-state index contributed by atoms with van der Waals surface area (Å²) in [5.74, 6) is -1.51. The number of alkyl halides is 3. The highest BCUT2D eigenvalue weighted by Gasteiger charge is 2.25. The molecule has 0 bridgehead atoms. The Morgan fingerprint density at radius 1 is 1.48 bits per heavy atom. The third kappa shape index (κ3) is 4.82. The van der Waals surface area contributed by atoms with Gasteiger partial charge in [-0.15, -0.1) is 11.6 Å². The fourth-order valence-corrected chi connectivity index (χ4v) is 1.91. The SMILES string of the molecule is CCOC(=O)Cc1cc(CCl)c([N+](=O)[O-])c(OC(F)F)c1. The first kappa shape index (κ1) is 17.1. The van der Waals surface area contributed by atoms with Crippen LogP contribution in [0, 0.1) is 10.1 Å². The van der Waals surface area contributed by atoms with Crippen LogP contribution in [-0.2, 0) is 21.8 Å². The smallest absolute Gasteiger partial charge is 0.387 e. The first-order valence-corrected chi connectivity index (χ1v) is 6.39. The van der Waals surface area contributed by atoms with Crippen molar-refractivity contribution in [3.63, 3.8) is 0 Å². The molecule has 0 atom stereocenters. The second-order valence-corrected chi connectivity index (χ2v) is 4.12. The maximum absolute atomic E-state index is 12.3. The van der Waals surface area contributed by atoms with Crippen LogP contribution >= 0.6 is 11.6 Å². The molecular weight excluding hydrogens is 312 g/mol. The normalized spacial score (nSPS) is 10.5. The van der Waals surface area contributed by atoms with E-state index in [0.29, 0.717) is 0 Å². The van der Waals surface area contributed by atoms with Crippen LogP contribution in [-0.4, -0.2) is 24.1 Å². The molecule has 1 aromatic rings. The number of hydrogen-bond acceptors (Lipinski definition) is 5. The van der Waals surface area contributed by atoms with Gasteiger partial charge in [0, 0.05) is 5.56 Å². The fourth-order valence-electron chi connectivity index (χ4n) is 1.70. The fraction of sp³-hybridized carbons (Fsp3) is 0.417. The van der Waals surface area contributed by atoms with Crippen LogP contribution < -0.4 is 4.74 Å². The van der Waals surface area contributed by atoms with Gasteiger partial charge in [-0.1, -0.05) is 0 Å². The Labute approximate surface area is 123 Å². The molecule has 0 unspecified atom stereocenters. The van der Waals surface area contributed by atoms with Gasteiger partial charge in [-0.2, -0.15) is 8.78 Å². The van der Waals surface area contributed by atoms with E-state index < -0.39 is 28.9 Å². The summed E-state index contributed by atoms with van der Waals surface area (Å²) in [6.07, 6.45) is -0.227. The molecule has 0 aromatic heterocycles. The topological polar surface area (TPSA) is 78.7 Å². The number of nitro groups is 1. The lowest BCUT2D eigenvalue weighted by Gasteiger charge is -2.10. The zero-order chi connectivity index (χ0) is 16.0. The van der Waals surface area contributed by atoms with Gasteiger partial charge >= 0.3 is 18.3 Å². The lowest BCUT2D eigenvalue weighted by molar-refractivity contribution is -0.387. The first-order valence-electron chi connectivity index (χ1n) is 5.85. The standard InChI is InChI=1S/C12H12ClF2NO5/c1-2-20-10(17)5-7-3-8(6-13)11(16(18)19)9(4-7)21-12(14)15/h3-4,12H,2,5-6H2,1H3. The Morgan fingerprint density at radius 3 is 2.62 bits per heavy atom. The average Bonchev–Trinajstić information content (AvgIpc) is 2.36. The molecule has 21 heavy (non-hydrogen) atoms. The number of ether oxygens (including phenoxy) is 2. The van der Waals surface area contributed by atoms with Crippen LogP contribution in [0.4, 0.5) is 14.5 Å². The molecule has 0 radical (unpaired) electrons. The Balaban J connectivity index is 3.23. The van der Waals surface area contributed by atoms with E-state index in [1.807, 2.05) is 0 Å². The second kappa shape index (κ2) is 7.72. The van der Waals surface area contributed by atoms with E-state index in [9.17, 15) is 23.7 Å². The van der Waals surface area contributed by atoms with E-state index in [2.05, 4.69) is 4.74 Å². The summed E-state index contributed by atoms with van der Waals surface area (Å²) in [7, 11) is 0. The predicted molar refractivity (Wildman–Crippen MR) is 69.6 cm³/mol. The predicted octanol–water partition coefficient (Wildman–Crippen LogP) is 3.04. The molecule has 6 nitrogen and oxygen atoms in total. The molecule has 0 N–H and O–H groups in total. The number of nitrogens with zero attached hydrogens (tertiary/aromatic N) is 1.